The molecule has 7 aromatic carbocycles. The topological polar surface area (TPSA) is 51.1 Å². The summed E-state index contributed by atoms with van der Waals surface area (Å²) in [4.78, 5) is 1.90. The highest BCUT2D eigenvalue weighted by Gasteiger charge is 2.42. The molecule has 316 valence electrons. The van der Waals surface area contributed by atoms with Crippen LogP contribution in [-0.2, 0) is 16.2 Å². The van der Waals surface area contributed by atoms with E-state index in [2.05, 4.69) is 197 Å². The van der Waals surface area contributed by atoms with Crippen molar-refractivity contribution in [2.24, 2.45) is 0 Å². The molecular formula is C57H54BN5O. The smallest absolute Gasteiger partial charge is 0.256 e. The van der Waals surface area contributed by atoms with Crippen LogP contribution in [0.15, 0.2) is 121 Å². The molecular weight excluding hydrogens is 781 g/mol. The van der Waals surface area contributed by atoms with Crippen molar-refractivity contribution >= 4 is 94.5 Å². The minimum Gasteiger partial charge on any atom is -0.458 e. The maximum absolute atomic E-state index is 9.55. The molecule has 0 amide bonds. The number of hydrogen-bond acceptors (Lipinski definition) is 2. The Morgan fingerprint density at radius 1 is 0.500 bits per heavy atom. The average Bonchev–Trinajstić information content (AvgIpc) is 3.89. The maximum Gasteiger partial charge on any atom is 0.256 e. The van der Waals surface area contributed by atoms with E-state index in [0.717, 1.165) is 61.1 Å². The van der Waals surface area contributed by atoms with Crippen molar-refractivity contribution in [2.45, 2.75) is 78.6 Å². The van der Waals surface area contributed by atoms with E-state index in [1.165, 1.54) is 60.3 Å². The third-order valence-corrected chi connectivity index (χ3v) is 14.3. The van der Waals surface area contributed by atoms with E-state index in [4.69, 9.17) is 4.74 Å². The van der Waals surface area contributed by atoms with Crippen LogP contribution in [0.1, 0.15) is 79.0 Å². The second-order valence-electron chi connectivity index (χ2n) is 21.7. The van der Waals surface area contributed by atoms with Crippen molar-refractivity contribution in [3.63, 3.8) is 0 Å². The molecule has 0 saturated carbocycles. The molecule has 7 heteroatoms. The Bertz CT molecular complexity index is 3710. The predicted octanol–water partition coefficient (Wildman–Crippen LogP) is 12.2. The Hall–Kier alpha value is -6.73. The molecule has 1 N–H and O–H groups in total. The van der Waals surface area contributed by atoms with Gasteiger partial charge < -0.3 is 18.8 Å². The monoisotopic (exact) mass is 835 g/mol. The summed E-state index contributed by atoms with van der Waals surface area (Å²) in [6, 6.07) is 45.6. The highest BCUT2D eigenvalue weighted by Crippen LogP contribution is 2.45. The molecule has 0 spiro atoms. The third-order valence-electron chi connectivity index (χ3n) is 14.3. The lowest BCUT2D eigenvalue weighted by Crippen LogP contribution is -2.58. The minimum absolute atomic E-state index is 0.0135. The summed E-state index contributed by atoms with van der Waals surface area (Å²) in [5.41, 5.74) is 16.4. The van der Waals surface area contributed by atoms with Crippen LogP contribution in [0.3, 0.4) is 0 Å². The zero-order chi connectivity index (χ0) is 44.5. The molecule has 0 fully saturated rings. The molecule has 5 heterocycles. The number of fused-ring (bicyclic) bond motifs is 14. The van der Waals surface area contributed by atoms with Crippen LogP contribution in [-0.4, -0.2) is 45.4 Å². The van der Waals surface area contributed by atoms with Gasteiger partial charge in [-0.1, -0.05) is 135 Å². The van der Waals surface area contributed by atoms with E-state index >= 15 is 0 Å². The zero-order valence-corrected chi connectivity index (χ0v) is 38.8. The lowest BCUT2D eigenvalue weighted by Gasteiger charge is -2.35. The van der Waals surface area contributed by atoms with Gasteiger partial charge in [-0.05, 0) is 91.8 Å². The van der Waals surface area contributed by atoms with Crippen molar-refractivity contribution < 1.29 is 4.74 Å². The van der Waals surface area contributed by atoms with Crippen LogP contribution in [0.25, 0.3) is 76.8 Å². The third kappa shape index (κ3) is 5.24. The van der Waals surface area contributed by atoms with Crippen LogP contribution < -0.4 is 21.1 Å². The molecule has 2 aliphatic heterocycles. The number of nitrogens with zero attached hydrogens (tertiary/aromatic N) is 4. The highest BCUT2D eigenvalue weighted by atomic mass is 16.5. The zero-order valence-electron chi connectivity index (χ0n) is 38.8. The molecule has 0 aliphatic carbocycles. The molecule has 12 rings (SSSR count). The first-order valence-electron chi connectivity index (χ1n) is 22.8. The molecule has 0 radical (unpaired) electrons. The second kappa shape index (κ2) is 12.7. The summed E-state index contributed by atoms with van der Waals surface area (Å²) in [6.45, 7) is 20.8. The Morgan fingerprint density at radius 3 is 1.77 bits per heavy atom. The van der Waals surface area contributed by atoms with Gasteiger partial charge in [-0.15, -0.1) is 0 Å². The molecule has 64 heavy (non-hydrogen) atoms. The predicted molar refractivity (Wildman–Crippen MR) is 272 cm³/mol. The Balaban J connectivity index is 1.27. The SMILES string of the molecule is CN(C)C(=N)n1c2ccccc2c2ccc3c4ccccc4n(-c4cc5c6c(c4)-n4c7ccc(C(C)(C)C)cc7c7cc(C(C)(C)C)cc(c74)B6c4cc(C(C)(C)C)ccc4O5)c3c21. The fourth-order valence-corrected chi connectivity index (χ4v) is 11.0. The van der Waals surface area contributed by atoms with Gasteiger partial charge in [0.25, 0.3) is 6.71 Å². The van der Waals surface area contributed by atoms with Gasteiger partial charge in [-0.2, -0.15) is 0 Å². The van der Waals surface area contributed by atoms with E-state index in [1.807, 2.05) is 19.0 Å². The molecule has 2 aliphatic rings. The Labute approximate surface area is 375 Å². The van der Waals surface area contributed by atoms with E-state index in [1.54, 1.807) is 0 Å². The molecule has 0 atom stereocenters. The quantitative estimate of drug-likeness (QED) is 0.102. The van der Waals surface area contributed by atoms with Gasteiger partial charge in [0.1, 0.15) is 11.5 Å². The number of nitrogens with one attached hydrogen (secondary N) is 1. The van der Waals surface area contributed by atoms with Gasteiger partial charge in [0.2, 0.25) is 5.96 Å². The minimum atomic E-state index is -0.0672. The first-order chi connectivity index (χ1) is 30.4. The largest absolute Gasteiger partial charge is 0.458 e. The van der Waals surface area contributed by atoms with Crippen molar-refractivity contribution in [3.05, 3.63) is 138 Å². The number of benzene rings is 7. The number of rotatable bonds is 1. The molecule has 6 nitrogen and oxygen atoms in total. The van der Waals surface area contributed by atoms with Gasteiger partial charge in [0, 0.05) is 63.7 Å². The van der Waals surface area contributed by atoms with Crippen LogP contribution in [0.2, 0.25) is 0 Å². The summed E-state index contributed by atoms with van der Waals surface area (Å²) >= 11 is 0. The van der Waals surface area contributed by atoms with E-state index < -0.39 is 0 Å². The fourth-order valence-electron chi connectivity index (χ4n) is 11.0. The Kier molecular flexibility index (Phi) is 7.73. The number of ether oxygens (including phenoxy) is 1. The van der Waals surface area contributed by atoms with Crippen molar-refractivity contribution in [1.82, 2.24) is 18.6 Å². The lowest BCUT2D eigenvalue weighted by atomic mass is 9.34. The summed E-state index contributed by atoms with van der Waals surface area (Å²) in [7, 11) is 3.91. The molecule has 0 unspecified atom stereocenters. The number of hydrogen-bond donors (Lipinski definition) is 1. The van der Waals surface area contributed by atoms with E-state index in [0.29, 0.717) is 5.96 Å². The van der Waals surface area contributed by atoms with Gasteiger partial charge in [-0.3, -0.25) is 9.98 Å². The summed E-state index contributed by atoms with van der Waals surface area (Å²) in [5, 5.41) is 16.7. The van der Waals surface area contributed by atoms with Crippen molar-refractivity contribution in [3.8, 4) is 22.9 Å². The standard InChI is InChI=1S/C57H54BN5O/c1-55(2,3)32-20-24-46-40(26-32)41-27-34(57(7,8)9)29-43-51(41)62(46)47-30-35(31-49-50(47)58(43)42-28-33(56(4,5)6)21-25-48(42)64-49)61-44-18-14-12-16-36(44)38-22-23-39-37-17-13-15-19-45(37)63(53(39)52(38)61)54(59)60(10)11/h12-31,59H,1-11H3. The molecule has 3 aromatic heterocycles. The molecule has 0 bridgehead atoms. The summed E-state index contributed by atoms with van der Waals surface area (Å²) in [6.07, 6.45) is 0. The second-order valence-corrected chi connectivity index (χ2v) is 21.7. The van der Waals surface area contributed by atoms with Crippen molar-refractivity contribution in [1.29, 1.82) is 5.41 Å². The van der Waals surface area contributed by atoms with Gasteiger partial charge in [0.15, 0.2) is 0 Å². The van der Waals surface area contributed by atoms with Crippen LogP contribution in [0, 0.1) is 5.41 Å². The molecule has 0 saturated heterocycles. The number of para-hydroxylation sites is 2. The van der Waals surface area contributed by atoms with Crippen LogP contribution in [0.4, 0.5) is 0 Å². The maximum atomic E-state index is 9.55. The van der Waals surface area contributed by atoms with E-state index in [-0.39, 0.29) is 23.0 Å². The van der Waals surface area contributed by atoms with Gasteiger partial charge >= 0.3 is 0 Å². The summed E-state index contributed by atoms with van der Waals surface area (Å²) < 4.78 is 14.4. The first-order valence-corrected chi connectivity index (χ1v) is 22.8. The lowest BCUT2D eigenvalue weighted by molar-refractivity contribution is 0.486. The van der Waals surface area contributed by atoms with Crippen LogP contribution in [0.5, 0.6) is 11.5 Å². The first kappa shape index (κ1) is 38.9. The normalized spacial score (nSPS) is 13.7. The van der Waals surface area contributed by atoms with E-state index in [9.17, 15) is 5.41 Å². The molecule has 10 aromatic rings. The Morgan fingerprint density at radius 2 is 1.08 bits per heavy atom. The average molecular weight is 836 g/mol. The van der Waals surface area contributed by atoms with Crippen molar-refractivity contribution in [2.75, 3.05) is 14.1 Å². The van der Waals surface area contributed by atoms with Gasteiger partial charge in [-0.25, -0.2) is 0 Å². The summed E-state index contributed by atoms with van der Waals surface area (Å²) in [5.74, 6) is 2.20. The number of aromatic nitrogens is 3. The van der Waals surface area contributed by atoms with Gasteiger partial charge in [0.05, 0.1) is 33.3 Å². The van der Waals surface area contributed by atoms with Crippen LogP contribution >= 0.6 is 0 Å². The highest BCUT2D eigenvalue weighted by molar-refractivity contribution is 6.99. The fraction of sp³-hybridized carbons (Fsp3) is 0.246.